The van der Waals surface area contributed by atoms with Gasteiger partial charge in [0.15, 0.2) is 11.5 Å². The van der Waals surface area contributed by atoms with E-state index in [0.717, 1.165) is 24.3 Å². The monoisotopic (exact) mass is 404 g/mol. The molecule has 1 atom stereocenters. The van der Waals surface area contributed by atoms with Crippen molar-refractivity contribution in [2.24, 2.45) is 0 Å². The van der Waals surface area contributed by atoms with Crippen molar-refractivity contribution in [1.29, 1.82) is 0 Å². The molecule has 0 fully saturated rings. The molecule has 1 aliphatic rings. The molecule has 0 bridgehead atoms. The summed E-state index contributed by atoms with van der Waals surface area (Å²) in [4.78, 5) is 15.0. The number of rotatable bonds is 6. The van der Waals surface area contributed by atoms with Gasteiger partial charge in [-0.15, -0.1) is 0 Å². The van der Waals surface area contributed by atoms with Gasteiger partial charge < -0.3 is 19.5 Å². The van der Waals surface area contributed by atoms with Crippen molar-refractivity contribution in [2.45, 2.75) is 25.9 Å². The molecule has 0 aromatic heterocycles. The number of benzene rings is 2. The second kappa shape index (κ2) is 8.71. The standard InChI is InChI=1S/C21H25ClN2O4/c1-13(21(25)23-17-11-16(22)5-6-18(17)26-2)24-8-7-14-9-19(27-3)20(28-4)10-15(14)12-24/h5-6,9-11,13H,7-8,12H2,1-4H3,(H,23,25)/t13-/m1/s1. The number of nitrogens with one attached hydrogen (secondary N) is 1. The van der Waals surface area contributed by atoms with E-state index < -0.39 is 0 Å². The highest BCUT2D eigenvalue weighted by Crippen LogP contribution is 2.34. The summed E-state index contributed by atoms with van der Waals surface area (Å²) in [5.41, 5.74) is 2.93. The normalized spacial score (nSPS) is 14.8. The molecule has 0 saturated carbocycles. The first kappa shape index (κ1) is 20.3. The van der Waals surface area contributed by atoms with E-state index in [1.165, 1.54) is 5.56 Å². The zero-order chi connectivity index (χ0) is 20.3. The minimum Gasteiger partial charge on any atom is -0.495 e. The number of hydrogen-bond donors (Lipinski definition) is 1. The Morgan fingerprint density at radius 2 is 1.68 bits per heavy atom. The molecule has 1 heterocycles. The predicted octanol–water partition coefficient (Wildman–Crippen LogP) is 3.75. The summed E-state index contributed by atoms with van der Waals surface area (Å²) in [5, 5.41) is 3.47. The summed E-state index contributed by atoms with van der Waals surface area (Å²) in [5.74, 6) is 1.90. The number of carbonyl (C=O) groups excluding carboxylic acids is 1. The number of halogens is 1. The summed E-state index contributed by atoms with van der Waals surface area (Å²) in [6, 6.07) is 8.85. The minimum atomic E-state index is -0.315. The van der Waals surface area contributed by atoms with Crippen LogP contribution < -0.4 is 19.5 Å². The lowest BCUT2D eigenvalue weighted by Gasteiger charge is -2.33. The molecule has 7 heteroatoms. The van der Waals surface area contributed by atoms with Crippen molar-refractivity contribution in [2.75, 3.05) is 33.2 Å². The Morgan fingerprint density at radius 1 is 1.04 bits per heavy atom. The van der Waals surface area contributed by atoms with Crippen LogP contribution in [0, 0.1) is 0 Å². The molecule has 0 spiro atoms. The molecule has 0 unspecified atom stereocenters. The van der Waals surface area contributed by atoms with Crippen LogP contribution in [-0.2, 0) is 17.8 Å². The van der Waals surface area contributed by atoms with Crippen LogP contribution in [0.5, 0.6) is 17.2 Å². The third-order valence-corrected chi connectivity index (χ3v) is 5.33. The number of methoxy groups -OCH3 is 3. The fourth-order valence-electron chi connectivity index (χ4n) is 3.42. The Bertz CT molecular complexity index is 872. The maximum atomic E-state index is 12.8. The summed E-state index contributed by atoms with van der Waals surface area (Å²) in [6.45, 7) is 3.35. The van der Waals surface area contributed by atoms with Crippen LogP contribution in [0.25, 0.3) is 0 Å². The molecule has 3 rings (SSSR count). The number of nitrogens with zero attached hydrogens (tertiary/aromatic N) is 1. The van der Waals surface area contributed by atoms with Crippen LogP contribution >= 0.6 is 11.6 Å². The summed E-state index contributed by atoms with van der Waals surface area (Å²) in [7, 11) is 4.82. The highest BCUT2D eigenvalue weighted by atomic mass is 35.5. The molecule has 150 valence electrons. The first-order chi connectivity index (χ1) is 13.5. The Hall–Kier alpha value is -2.44. The molecule has 2 aromatic carbocycles. The second-order valence-electron chi connectivity index (χ2n) is 6.71. The molecule has 1 amide bonds. The lowest BCUT2D eigenvalue weighted by Crippen LogP contribution is -2.44. The molecule has 0 radical (unpaired) electrons. The topological polar surface area (TPSA) is 60.0 Å². The molecule has 0 saturated heterocycles. The van der Waals surface area contributed by atoms with Crippen LogP contribution in [0.15, 0.2) is 30.3 Å². The van der Waals surface area contributed by atoms with Crippen LogP contribution in [0.4, 0.5) is 5.69 Å². The first-order valence-corrected chi connectivity index (χ1v) is 9.46. The maximum Gasteiger partial charge on any atom is 0.241 e. The summed E-state index contributed by atoms with van der Waals surface area (Å²) < 4.78 is 16.1. The van der Waals surface area contributed by atoms with E-state index in [9.17, 15) is 4.79 Å². The van der Waals surface area contributed by atoms with E-state index in [1.807, 2.05) is 19.1 Å². The minimum absolute atomic E-state index is 0.107. The molecule has 28 heavy (non-hydrogen) atoms. The molecule has 6 nitrogen and oxygen atoms in total. The van der Waals surface area contributed by atoms with Gasteiger partial charge in [0.1, 0.15) is 5.75 Å². The molecular weight excluding hydrogens is 380 g/mol. The fourth-order valence-corrected chi connectivity index (χ4v) is 3.59. The number of carbonyl (C=O) groups is 1. The molecular formula is C21H25ClN2O4. The van der Waals surface area contributed by atoms with E-state index in [2.05, 4.69) is 10.2 Å². The number of ether oxygens (including phenoxy) is 3. The van der Waals surface area contributed by atoms with Crippen molar-refractivity contribution in [3.63, 3.8) is 0 Å². The van der Waals surface area contributed by atoms with Crippen LogP contribution in [-0.4, -0.2) is 44.7 Å². The summed E-state index contributed by atoms with van der Waals surface area (Å²) in [6.07, 6.45) is 0.841. The van der Waals surface area contributed by atoms with Gasteiger partial charge in [-0.1, -0.05) is 11.6 Å². The largest absolute Gasteiger partial charge is 0.495 e. The Labute approximate surface area is 170 Å². The van der Waals surface area contributed by atoms with Gasteiger partial charge in [0.2, 0.25) is 5.91 Å². The highest BCUT2D eigenvalue weighted by molar-refractivity contribution is 6.31. The third kappa shape index (κ3) is 4.18. The third-order valence-electron chi connectivity index (χ3n) is 5.09. The molecule has 2 aromatic rings. The van der Waals surface area contributed by atoms with Crippen LogP contribution in [0.1, 0.15) is 18.1 Å². The van der Waals surface area contributed by atoms with E-state index >= 15 is 0 Å². The van der Waals surface area contributed by atoms with E-state index in [4.69, 9.17) is 25.8 Å². The smallest absolute Gasteiger partial charge is 0.241 e. The van der Waals surface area contributed by atoms with Crippen molar-refractivity contribution in [3.8, 4) is 17.2 Å². The SMILES string of the molecule is COc1ccc(Cl)cc1NC(=O)[C@@H](C)N1CCc2cc(OC)c(OC)cc2C1. The molecule has 1 aliphatic heterocycles. The Balaban J connectivity index is 1.74. The van der Waals surface area contributed by atoms with Gasteiger partial charge in [0.25, 0.3) is 0 Å². The maximum absolute atomic E-state index is 12.8. The zero-order valence-electron chi connectivity index (χ0n) is 16.5. The molecule has 0 aliphatic carbocycles. The average molecular weight is 405 g/mol. The van der Waals surface area contributed by atoms with E-state index in [0.29, 0.717) is 28.8 Å². The van der Waals surface area contributed by atoms with Crippen molar-refractivity contribution >= 4 is 23.2 Å². The fraction of sp³-hybridized carbons (Fsp3) is 0.381. The van der Waals surface area contributed by atoms with Crippen molar-refractivity contribution in [1.82, 2.24) is 4.90 Å². The van der Waals surface area contributed by atoms with Gasteiger partial charge in [0.05, 0.1) is 33.1 Å². The van der Waals surface area contributed by atoms with Gasteiger partial charge in [0, 0.05) is 18.1 Å². The summed E-state index contributed by atoms with van der Waals surface area (Å²) >= 11 is 6.06. The number of hydrogen-bond acceptors (Lipinski definition) is 5. The number of fused-ring (bicyclic) bond motifs is 1. The van der Waals surface area contributed by atoms with Crippen molar-refractivity contribution in [3.05, 3.63) is 46.5 Å². The first-order valence-electron chi connectivity index (χ1n) is 9.09. The number of amides is 1. The van der Waals surface area contributed by atoms with Gasteiger partial charge in [-0.25, -0.2) is 0 Å². The van der Waals surface area contributed by atoms with Crippen LogP contribution in [0.3, 0.4) is 0 Å². The highest BCUT2D eigenvalue weighted by Gasteiger charge is 2.27. The van der Waals surface area contributed by atoms with E-state index in [-0.39, 0.29) is 11.9 Å². The van der Waals surface area contributed by atoms with Gasteiger partial charge in [-0.05, 0) is 54.8 Å². The van der Waals surface area contributed by atoms with Gasteiger partial charge >= 0.3 is 0 Å². The zero-order valence-corrected chi connectivity index (χ0v) is 17.3. The predicted molar refractivity (Wildman–Crippen MR) is 110 cm³/mol. The lowest BCUT2D eigenvalue weighted by molar-refractivity contribution is -0.121. The number of anilines is 1. The Kier molecular flexibility index (Phi) is 6.31. The Morgan fingerprint density at radius 3 is 2.32 bits per heavy atom. The van der Waals surface area contributed by atoms with Gasteiger partial charge in [-0.2, -0.15) is 0 Å². The quantitative estimate of drug-likeness (QED) is 0.794. The average Bonchev–Trinajstić information content (AvgIpc) is 2.71. The van der Waals surface area contributed by atoms with Crippen LogP contribution in [0.2, 0.25) is 5.02 Å². The second-order valence-corrected chi connectivity index (χ2v) is 7.14. The molecule has 1 N–H and O–H groups in total. The van der Waals surface area contributed by atoms with Crippen molar-refractivity contribution < 1.29 is 19.0 Å². The lowest BCUT2D eigenvalue weighted by atomic mass is 9.97. The van der Waals surface area contributed by atoms with E-state index in [1.54, 1.807) is 39.5 Å². The van der Waals surface area contributed by atoms with Gasteiger partial charge in [-0.3, -0.25) is 9.69 Å².